The summed E-state index contributed by atoms with van der Waals surface area (Å²) < 4.78 is 68.1. The number of aromatic hydroxyl groups is 1. The number of azo groups is 1. The number of sulfonamides is 1. The average Bonchev–Trinajstić information content (AvgIpc) is 3.12. The van der Waals surface area contributed by atoms with Crippen molar-refractivity contribution in [3.8, 4) is 11.5 Å². The van der Waals surface area contributed by atoms with Crippen LogP contribution in [0.15, 0.2) is 111 Å². The lowest BCUT2D eigenvalue weighted by molar-refractivity contribution is 0.101. The molecule has 0 spiro atoms. The van der Waals surface area contributed by atoms with Gasteiger partial charge in [0.1, 0.15) is 22.0 Å². The van der Waals surface area contributed by atoms with E-state index in [4.69, 9.17) is 16.5 Å². The van der Waals surface area contributed by atoms with Gasteiger partial charge in [0, 0.05) is 47.3 Å². The van der Waals surface area contributed by atoms with Crippen LogP contribution in [0.1, 0.15) is 5.56 Å². The molecule has 5 rings (SSSR count). The van der Waals surface area contributed by atoms with Crippen LogP contribution in [0.3, 0.4) is 0 Å². The van der Waals surface area contributed by atoms with E-state index >= 15 is 0 Å². The zero-order chi connectivity index (χ0) is 37.5. The normalized spacial score (nSPS) is 12.1. The van der Waals surface area contributed by atoms with Gasteiger partial charge in [-0.1, -0.05) is 18.2 Å². The number of hydrogen-bond acceptors (Lipinski definition) is 14. The van der Waals surface area contributed by atoms with Crippen LogP contribution in [0.4, 0.5) is 34.1 Å². The Hall–Kier alpha value is -5.18. The van der Waals surface area contributed by atoms with E-state index in [0.29, 0.717) is 28.0 Å². The second kappa shape index (κ2) is 16.4. The fraction of sp³-hybridized carbons (Fsp3) is 0.176. The lowest BCUT2D eigenvalue weighted by Crippen LogP contribution is -2.37. The summed E-state index contributed by atoms with van der Waals surface area (Å²) in [7, 11) is -7.36. The summed E-state index contributed by atoms with van der Waals surface area (Å²) in [5, 5.41) is 26.4. The maximum atomic E-state index is 13.2. The van der Waals surface area contributed by atoms with Crippen molar-refractivity contribution in [2.24, 2.45) is 22.0 Å². The van der Waals surface area contributed by atoms with E-state index < -0.39 is 36.5 Å². The van der Waals surface area contributed by atoms with Crippen LogP contribution in [0.25, 0.3) is 10.8 Å². The van der Waals surface area contributed by atoms with Crippen LogP contribution in [0.5, 0.6) is 11.5 Å². The SMILES string of the molecule is COc1cc(Nc2ccc(S(=O)(=O)N(CCON)CCON)cc2)c(C)cc1/N=N/c1c(S(=O)(=O)O)cc2cc(Nc3ccccc3)ccc2c1O. The number of ether oxygens (including phenoxy) is 1. The number of methoxy groups -OCH3 is 1. The number of aryl methyl sites for hydroxylation is 1. The van der Waals surface area contributed by atoms with Gasteiger partial charge in [-0.2, -0.15) is 12.7 Å². The molecule has 0 aliphatic carbocycles. The molecule has 0 aliphatic heterocycles. The Balaban J connectivity index is 1.41. The summed E-state index contributed by atoms with van der Waals surface area (Å²) >= 11 is 0. The van der Waals surface area contributed by atoms with Crippen molar-refractivity contribution >= 4 is 65.0 Å². The zero-order valence-corrected chi connectivity index (χ0v) is 29.7. The van der Waals surface area contributed by atoms with Crippen molar-refractivity contribution in [3.05, 3.63) is 96.6 Å². The minimum Gasteiger partial charge on any atom is -0.505 e. The van der Waals surface area contributed by atoms with Crippen molar-refractivity contribution in [1.29, 1.82) is 0 Å². The van der Waals surface area contributed by atoms with Crippen LogP contribution in [0, 0.1) is 6.92 Å². The van der Waals surface area contributed by atoms with Gasteiger partial charge in [-0.3, -0.25) is 4.55 Å². The Kier molecular flexibility index (Phi) is 12.0. The number of benzene rings is 5. The summed E-state index contributed by atoms with van der Waals surface area (Å²) in [4.78, 5) is 8.48. The molecule has 0 fully saturated rings. The largest absolute Gasteiger partial charge is 0.505 e. The van der Waals surface area contributed by atoms with Gasteiger partial charge in [0.25, 0.3) is 10.1 Å². The lowest BCUT2D eigenvalue weighted by Gasteiger charge is -2.21. The molecule has 0 amide bonds. The first-order valence-electron chi connectivity index (χ1n) is 15.6. The number of nitrogens with zero attached hydrogens (tertiary/aromatic N) is 3. The summed E-state index contributed by atoms with van der Waals surface area (Å²) in [5.74, 6) is 9.91. The van der Waals surface area contributed by atoms with Gasteiger partial charge in [0.05, 0.1) is 25.2 Å². The Morgan fingerprint density at radius 3 is 2.04 bits per heavy atom. The average molecular weight is 752 g/mol. The molecule has 0 saturated carbocycles. The fourth-order valence-electron chi connectivity index (χ4n) is 5.24. The molecule has 0 radical (unpaired) electrons. The second-order valence-electron chi connectivity index (χ2n) is 11.3. The van der Waals surface area contributed by atoms with E-state index in [0.717, 1.165) is 9.99 Å². The third-order valence-electron chi connectivity index (χ3n) is 7.86. The molecule has 8 N–H and O–H groups in total. The smallest absolute Gasteiger partial charge is 0.296 e. The van der Waals surface area contributed by atoms with Crippen molar-refractivity contribution < 1.29 is 40.9 Å². The number of hydrogen-bond donors (Lipinski definition) is 6. The highest BCUT2D eigenvalue weighted by atomic mass is 32.2. The maximum Gasteiger partial charge on any atom is 0.296 e. The van der Waals surface area contributed by atoms with Crippen molar-refractivity contribution in [2.45, 2.75) is 16.7 Å². The van der Waals surface area contributed by atoms with Gasteiger partial charge >= 0.3 is 0 Å². The van der Waals surface area contributed by atoms with E-state index in [1.807, 2.05) is 30.3 Å². The third kappa shape index (κ3) is 8.81. The third-order valence-corrected chi connectivity index (χ3v) is 10.6. The van der Waals surface area contributed by atoms with E-state index in [2.05, 4.69) is 30.5 Å². The number of fused-ring (bicyclic) bond motifs is 1. The first kappa shape index (κ1) is 38.1. The van der Waals surface area contributed by atoms with E-state index in [9.17, 15) is 26.5 Å². The van der Waals surface area contributed by atoms with Crippen molar-refractivity contribution in [2.75, 3.05) is 44.0 Å². The molecule has 0 aromatic heterocycles. The lowest BCUT2D eigenvalue weighted by atomic mass is 10.1. The molecule has 274 valence electrons. The highest BCUT2D eigenvalue weighted by Crippen LogP contribution is 2.43. The number of rotatable bonds is 16. The molecule has 5 aromatic carbocycles. The van der Waals surface area contributed by atoms with Crippen molar-refractivity contribution in [3.63, 3.8) is 0 Å². The summed E-state index contributed by atoms with van der Waals surface area (Å²) in [6.07, 6.45) is 0. The van der Waals surface area contributed by atoms with E-state index in [1.54, 1.807) is 49.4 Å². The highest BCUT2D eigenvalue weighted by molar-refractivity contribution is 7.89. The Morgan fingerprint density at radius 1 is 0.788 bits per heavy atom. The molecule has 0 atom stereocenters. The zero-order valence-electron chi connectivity index (χ0n) is 28.1. The molecule has 0 heterocycles. The number of phenols is 1. The van der Waals surface area contributed by atoms with Gasteiger partial charge in [-0.05, 0) is 84.6 Å². The minimum absolute atomic E-state index is 0.00375. The molecule has 0 bridgehead atoms. The molecule has 0 saturated heterocycles. The second-order valence-corrected chi connectivity index (χ2v) is 14.6. The Labute approximate surface area is 300 Å². The van der Waals surface area contributed by atoms with Gasteiger partial charge in [0.15, 0.2) is 5.75 Å². The quantitative estimate of drug-likeness (QED) is 0.0398. The minimum atomic E-state index is -4.85. The Bertz CT molecular complexity index is 2280. The van der Waals surface area contributed by atoms with Gasteiger partial charge in [-0.25, -0.2) is 20.2 Å². The fourth-order valence-corrected chi connectivity index (χ4v) is 7.31. The van der Waals surface area contributed by atoms with Crippen LogP contribution in [0.2, 0.25) is 0 Å². The number of anilines is 4. The van der Waals surface area contributed by atoms with Gasteiger partial charge in [-0.15, -0.1) is 10.2 Å². The summed E-state index contributed by atoms with van der Waals surface area (Å²) in [6, 6.07) is 24.8. The number of nitrogens with one attached hydrogen (secondary N) is 2. The standard InChI is InChI=1S/C34H37N7O9S2/c1-22-18-30(31(48-2)21-29(22)38-25-8-11-27(12-9-25)51(43,44)41(14-16-49-35)15-17-50-36)39-40-33-32(52(45,46)47)20-23-19-26(10-13-28(23)34(33)42)37-24-6-4-3-5-7-24/h3-13,18-21,37-38,42H,14-17,35-36H2,1-2H3,(H,45,46,47)/b40-39+. The van der Waals surface area contributed by atoms with E-state index in [-0.39, 0.29) is 48.0 Å². The summed E-state index contributed by atoms with van der Waals surface area (Å²) in [5.41, 5.74) is 2.96. The molecule has 0 aliphatic rings. The highest BCUT2D eigenvalue weighted by Gasteiger charge is 2.25. The molecular formula is C34H37N7O9S2. The number of phenolic OH excluding ortho intramolecular Hbond substituents is 1. The number of nitrogens with two attached hydrogens (primary N) is 2. The van der Waals surface area contributed by atoms with Crippen LogP contribution in [-0.2, 0) is 29.8 Å². The molecule has 18 heteroatoms. The number of para-hydroxylation sites is 1. The predicted molar refractivity (Wildman–Crippen MR) is 196 cm³/mol. The first-order valence-corrected chi connectivity index (χ1v) is 18.4. The van der Waals surface area contributed by atoms with Gasteiger partial charge < -0.3 is 30.2 Å². The van der Waals surface area contributed by atoms with E-state index in [1.165, 1.54) is 25.3 Å². The molecular weight excluding hydrogens is 715 g/mol. The van der Waals surface area contributed by atoms with Gasteiger partial charge in [0.2, 0.25) is 10.0 Å². The molecule has 16 nitrogen and oxygen atoms in total. The predicted octanol–water partition coefficient (Wildman–Crippen LogP) is 5.78. The van der Waals surface area contributed by atoms with Crippen LogP contribution in [-0.4, -0.2) is 64.2 Å². The summed E-state index contributed by atoms with van der Waals surface area (Å²) in [6.45, 7) is 1.71. The molecule has 52 heavy (non-hydrogen) atoms. The van der Waals surface area contributed by atoms with Crippen LogP contribution >= 0.6 is 0 Å². The van der Waals surface area contributed by atoms with Crippen LogP contribution < -0.4 is 27.2 Å². The monoisotopic (exact) mass is 751 g/mol. The van der Waals surface area contributed by atoms with Crippen molar-refractivity contribution in [1.82, 2.24) is 4.31 Å². The maximum absolute atomic E-state index is 13.2. The topological polar surface area (TPSA) is 240 Å². The first-order chi connectivity index (χ1) is 24.8. The molecule has 5 aromatic rings. The molecule has 0 unspecified atom stereocenters. The Morgan fingerprint density at radius 2 is 1.42 bits per heavy atom.